The average molecular weight is 511 g/mol. The fourth-order valence-corrected chi connectivity index (χ4v) is 5.45. The van der Waals surface area contributed by atoms with Crippen LogP contribution in [0.1, 0.15) is 29.8 Å². The molecule has 2 aliphatic heterocycles. The quantitative estimate of drug-likeness (QED) is 0.441. The van der Waals surface area contributed by atoms with Crippen LogP contribution in [0.5, 0.6) is 5.75 Å². The third-order valence-corrected chi connectivity index (χ3v) is 7.53. The zero-order valence-corrected chi connectivity index (χ0v) is 22.0. The number of anilines is 1. The molecule has 0 bridgehead atoms. The van der Waals surface area contributed by atoms with E-state index in [-0.39, 0.29) is 6.10 Å². The Hall–Kier alpha value is -3.81. The molecule has 38 heavy (non-hydrogen) atoms. The lowest BCUT2D eigenvalue weighted by Gasteiger charge is -2.37. The summed E-state index contributed by atoms with van der Waals surface area (Å²) >= 11 is 0. The maximum Gasteiger partial charge on any atom is 0.184 e. The predicted molar refractivity (Wildman–Crippen MR) is 148 cm³/mol. The number of benzene rings is 2. The fourth-order valence-electron chi connectivity index (χ4n) is 5.45. The molecule has 1 aliphatic carbocycles. The van der Waals surface area contributed by atoms with Gasteiger partial charge in [-0.2, -0.15) is 0 Å². The number of hydroxylamine groups is 2. The lowest BCUT2D eigenvalue weighted by Crippen LogP contribution is -2.47. The van der Waals surface area contributed by atoms with E-state index in [1.165, 1.54) is 11.1 Å². The van der Waals surface area contributed by atoms with E-state index >= 15 is 0 Å². The van der Waals surface area contributed by atoms with Crippen LogP contribution in [0.2, 0.25) is 0 Å². The molecule has 0 radical (unpaired) electrons. The number of fused-ring (bicyclic) bond motifs is 1. The number of pyridine rings is 1. The summed E-state index contributed by atoms with van der Waals surface area (Å²) in [6.45, 7) is 7.15. The van der Waals surface area contributed by atoms with Crippen LogP contribution in [0.4, 0.5) is 5.69 Å². The zero-order chi connectivity index (χ0) is 25.9. The van der Waals surface area contributed by atoms with Crippen LogP contribution in [0, 0.1) is 0 Å². The Labute approximate surface area is 224 Å². The summed E-state index contributed by atoms with van der Waals surface area (Å²) < 4.78 is 11.7. The number of rotatable bonds is 7. The highest BCUT2D eigenvalue weighted by atomic mass is 16.7. The van der Waals surface area contributed by atoms with Crippen LogP contribution in [0.3, 0.4) is 0 Å². The molecule has 0 N–H and O–H groups in total. The van der Waals surface area contributed by atoms with Gasteiger partial charge in [0.2, 0.25) is 0 Å². The van der Waals surface area contributed by atoms with Gasteiger partial charge in [0.05, 0.1) is 24.9 Å². The van der Waals surface area contributed by atoms with Gasteiger partial charge in [0.15, 0.2) is 6.73 Å². The maximum atomic E-state index is 6.40. The lowest BCUT2D eigenvalue weighted by atomic mass is 10.0. The number of nitrogens with zero attached hydrogens (tertiary/aromatic N) is 4. The van der Waals surface area contributed by atoms with Crippen LogP contribution in [-0.4, -0.2) is 61.5 Å². The summed E-state index contributed by atoms with van der Waals surface area (Å²) in [7, 11) is 1.74. The third-order valence-electron chi connectivity index (χ3n) is 7.53. The van der Waals surface area contributed by atoms with Crippen molar-refractivity contribution in [1.29, 1.82) is 0 Å². The first kappa shape index (κ1) is 24.5. The summed E-state index contributed by atoms with van der Waals surface area (Å²) in [5.74, 6) is 1.85. The van der Waals surface area contributed by atoms with Crippen molar-refractivity contribution in [3.63, 3.8) is 0 Å². The number of hydrogen-bond donors (Lipinski definition) is 0. The van der Waals surface area contributed by atoms with Gasteiger partial charge in [-0.05, 0) is 42.3 Å². The van der Waals surface area contributed by atoms with Crippen molar-refractivity contribution >= 4 is 11.3 Å². The second-order valence-corrected chi connectivity index (χ2v) is 9.90. The van der Waals surface area contributed by atoms with E-state index in [0.29, 0.717) is 13.2 Å². The van der Waals surface area contributed by atoms with Gasteiger partial charge in [-0.1, -0.05) is 48.5 Å². The SMILES string of the molecule is COc1ccccc1N1CCN(CC2=CC3=C(Cc4ncccc42)OCN3OC(C)c2ccccc2)CC1. The first-order chi connectivity index (χ1) is 18.7. The molecule has 3 aromatic rings. The molecule has 6 rings (SSSR count). The first-order valence-corrected chi connectivity index (χ1v) is 13.3. The minimum atomic E-state index is -0.0877. The van der Waals surface area contributed by atoms with Gasteiger partial charge >= 0.3 is 0 Å². The zero-order valence-electron chi connectivity index (χ0n) is 22.0. The number of allylic oxidation sites excluding steroid dienone is 2. The van der Waals surface area contributed by atoms with Crippen molar-refractivity contribution in [2.24, 2.45) is 0 Å². The molecule has 0 amide bonds. The van der Waals surface area contributed by atoms with Gasteiger partial charge < -0.3 is 14.4 Å². The topological polar surface area (TPSA) is 50.3 Å². The van der Waals surface area contributed by atoms with E-state index < -0.39 is 0 Å². The number of aromatic nitrogens is 1. The predicted octanol–water partition coefficient (Wildman–Crippen LogP) is 5.05. The molecule has 0 saturated carbocycles. The number of piperazine rings is 1. The van der Waals surface area contributed by atoms with Gasteiger partial charge in [-0.15, -0.1) is 0 Å². The summed E-state index contributed by atoms with van der Waals surface area (Å²) in [6, 6.07) is 22.8. The first-order valence-electron chi connectivity index (χ1n) is 13.3. The molecule has 7 nitrogen and oxygen atoms in total. The van der Waals surface area contributed by atoms with Gasteiger partial charge in [-0.25, -0.2) is 5.06 Å². The van der Waals surface area contributed by atoms with Crippen molar-refractivity contribution in [2.75, 3.05) is 51.5 Å². The van der Waals surface area contributed by atoms with E-state index in [1.54, 1.807) is 7.11 Å². The maximum absolute atomic E-state index is 6.40. The molecule has 7 heteroatoms. The summed E-state index contributed by atoms with van der Waals surface area (Å²) in [5, 5.41) is 1.90. The van der Waals surface area contributed by atoms with Crippen LogP contribution in [-0.2, 0) is 16.0 Å². The molecule has 3 heterocycles. The summed E-state index contributed by atoms with van der Waals surface area (Å²) in [4.78, 5) is 16.1. The second-order valence-electron chi connectivity index (χ2n) is 9.90. The summed E-state index contributed by atoms with van der Waals surface area (Å²) in [6.07, 6.45) is 4.69. The Morgan fingerprint density at radius 3 is 2.55 bits per heavy atom. The fraction of sp³-hybridized carbons (Fsp3) is 0.323. The van der Waals surface area contributed by atoms with Gasteiger partial charge in [-0.3, -0.25) is 14.7 Å². The molecule has 1 aromatic heterocycles. The minimum Gasteiger partial charge on any atom is -0.495 e. The summed E-state index contributed by atoms with van der Waals surface area (Å²) in [5.41, 5.74) is 6.78. The lowest BCUT2D eigenvalue weighted by molar-refractivity contribution is -0.187. The van der Waals surface area contributed by atoms with Crippen LogP contribution >= 0.6 is 0 Å². The number of para-hydroxylation sites is 2. The molecule has 196 valence electrons. The normalized spacial score (nSPS) is 18.3. The molecule has 1 unspecified atom stereocenters. The van der Waals surface area contributed by atoms with Crippen molar-refractivity contribution in [3.8, 4) is 5.75 Å². The number of methoxy groups -OCH3 is 1. The molecular formula is C31H34N4O3. The number of ether oxygens (including phenoxy) is 2. The Balaban J connectivity index is 1.21. The monoisotopic (exact) mass is 510 g/mol. The standard InChI is InChI=1S/C31H34N4O3/c1-23(24-9-4-3-5-10-24)38-35-22-37-31-20-27-26(11-8-14-32-27)25(19-29(31)35)21-33-15-17-34(18-16-33)28-12-6-7-13-30(28)36-2/h3-14,19,23H,15-18,20-22H2,1-2H3. The Kier molecular flexibility index (Phi) is 7.03. The van der Waals surface area contributed by atoms with Gasteiger partial charge in [0.1, 0.15) is 23.3 Å². The molecule has 2 aromatic carbocycles. The average Bonchev–Trinajstić information content (AvgIpc) is 3.25. The molecular weight excluding hydrogens is 476 g/mol. The van der Waals surface area contributed by atoms with E-state index in [4.69, 9.17) is 19.3 Å². The highest BCUT2D eigenvalue weighted by Gasteiger charge is 2.31. The van der Waals surface area contributed by atoms with E-state index in [1.807, 2.05) is 47.7 Å². The van der Waals surface area contributed by atoms with Gasteiger partial charge in [0, 0.05) is 44.5 Å². The Morgan fingerprint density at radius 1 is 0.947 bits per heavy atom. The molecule has 1 fully saturated rings. The number of hydrogen-bond acceptors (Lipinski definition) is 7. The Bertz CT molecular complexity index is 1330. The largest absolute Gasteiger partial charge is 0.495 e. The smallest absolute Gasteiger partial charge is 0.184 e. The van der Waals surface area contributed by atoms with E-state index in [2.05, 4.69) is 53.1 Å². The highest BCUT2D eigenvalue weighted by molar-refractivity contribution is 5.73. The molecule has 1 atom stereocenters. The minimum absolute atomic E-state index is 0.0877. The Morgan fingerprint density at radius 2 is 1.74 bits per heavy atom. The van der Waals surface area contributed by atoms with Gasteiger partial charge in [0.25, 0.3) is 0 Å². The third kappa shape index (κ3) is 4.99. The molecule has 1 saturated heterocycles. The second kappa shape index (κ2) is 10.9. The van der Waals surface area contributed by atoms with Crippen molar-refractivity contribution < 1.29 is 14.3 Å². The molecule has 3 aliphatic rings. The van der Waals surface area contributed by atoms with Crippen LogP contribution in [0.25, 0.3) is 5.57 Å². The van der Waals surface area contributed by atoms with Crippen molar-refractivity contribution in [3.05, 3.63) is 107 Å². The highest BCUT2D eigenvalue weighted by Crippen LogP contribution is 2.35. The van der Waals surface area contributed by atoms with E-state index in [0.717, 1.165) is 66.9 Å². The van der Waals surface area contributed by atoms with E-state index in [9.17, 15) is 0 Å². The molecule has 0 spiro atoms. The van der Waals surface area contributed by atoms with Crippen molar-refractivity contribution in [2.45, 2.75) is 19.4 Å². The van der Waals surface area contributed by atoms with Crippen LogP contribution < -0.4 is 9.64 Å². The van der Waals surface area contributed by atoms with Crippen LogP contribution in [0.15, 0.2) is 90.5 Å². The van der Waals surface area contributed by atoms with Crippen molar-refractivity contribution in [1.82, 2.24) is 14.9 Å².